The Morgan fingerprint density at radius 3 is 1.81 bits per heavy atom. The summed E-state index contributed by atoms with van der Waals surface area (Å²) in [6.45, 7) is 1.49. The molecule has 0 radical (unpaired) electrons. The van der Waals surface area contributed by atoms with E-state index in [2.05, 4.69) is 6.92 Å². The van der Waals surface area contributed by atoms with E-state index >= 15 is 0 Å². The first kappa shape index (κ1) is 36.4. The first-order valence-electron chi connectivity index (χ1n) is 15.6. The van der Waals surface area contributed by atoms with Gasteiger partial charge in [-0.05, 0) is 6.42 Å². The molecule has 0 aliphatic carbocycles. The molecule has 12 heteroatoms. The lowest BCUT2D eigenvalue weighted by molar-refractivity contribution is -0.291. The highest BCUT2D eigenvalue weighted by Gasteiger charge is 2.49. The minimum absolute atomic E-state index is 0.00977. The highest BCUT2D eigenvalue weighted by Crippen LogP contribution is 2.30. The van der Waals surface area contributed by atoms with Gasteiger partial charge in [0.05, 0.1) is 6.61 Å². The molecule has 244 valence electrons. The van der Waals surface area contributed by atoms with Crippen LogP contribution in [-0.2, 0) is 23.8 Å². The maximum atomic E-state index is 12.4. The molecule has 8 atom stereocenters. The number of carbonyl (C=O) groups is 2. The average molecular weight is 605 g/mol. The van der Waals surface area contributed by atoms with Crippen LogP contribution in [0.4, 0.5) is 0 Å². The van der Waals surface area contributed by atoms with E-state index in [9.17, 15) is 45.3 Å². The summed E-state index contributed by atoms with van der Waals surface area (Å²) in [4.78, 5) is 24.7. The topological polar surface area (TPSA) is 203 Å². The number of hydrogen-bond donors (Lipinski definition) is 7. The predicted molar refractivity (Wildman–Crippen MR) is 151 cm³/mol. The third-order valence-corrected chi connectivity index (χ3v) is 7.99. The third-order valence-electron chi connectivity index (χ3n) is 7.99. The fraction of sp³-hybridized carbons (Fsp3) is 0.867. The number of carbonyl (C=O) groups excluding carboxylic acids is 2. The van der Waals surface area contributed by atoms with Gasteiger partial charge >= 0.3 is 5.97 Å². The van der Waals surface area contributed by atoms with Crippen molar-refractivity contribution < 1.29 is 59.5 Å². The van der Waals surface area contributed by atoms with E-state index < -0.39 is 78.9 Å². The molecule has 12 nitrogen and oxygen atoms in total. The molecule has 1 saturated heterocycles. The number of rotatable bonds is 22. The van der Waals surface area contributed by atoms with Crippen LogP contribution in [0.1, 0.15) is 110 Å². The molecule has 0 amide bonds. The van der Waals surface area contributed by atoms with Gasteiger partial charge in [0.2, 0.25) is 12.0 Å². The van der Waals surface area contributed by atoms with Gasteiger partial charge in [0.25, 0.3) is 0 Å². The van der Waals surface area contributed by atoms with Crippen molar-refractivity contribution in [1.29, 1.82) is 0 Å². The molecule has 2 aliphatic heterocycles. The van der Waals surface area contributed by atoms with Crippen LogP contribution < -0.4 is 0 Å². The van der Waals surface area contributed by atoms with Crippen LogP contribution in [0, 0.1) is 0 Å². The molecule has 1 unspecified atom stereocenters. The number of hydrogen-bond acceptors (Lipinski definition) is 12. The van der Waals surface area contributed by atoms with Crippen LogP contribution in [0.3, 0.4) is 0 Å². The lowest BCUT2D eigenvalue weighted by Crippen LogP contribution is -2.59. The normalized spacial score (nSPS) is 27.6. The second-order valence-corrected chi connectivity index (χ2v) is 11.5. The number of esters is 1. The zero-order chi connectivity index (χ0) is 31.1. The van der Waals surface area contributed by atoms with Gasteiger partial charge in [0.1, 0.15) is 36.6 Å². The molecule has 2 aliphatic rings. The number of aliphatic hydroxyl groups excluding tert-OH is 7. The Hall–Kier alpha value is -1.80. The SMILES string of the molecule is CCCCCCCCCCCCCCCCCC(=O)C(O)[C@H](O)[C@H]1OC(=O)C(O[C@H]2O[C@H](CO)[C@@H](O)[C@H](O)[C@H]2O)=C1O. The lowest BCUT2D eigenvalue weighted by atomic mass is 9.98. The molecule has 42 heavy (non-hydrogen) atoms. The van der Waals surface area contributed by atoms with E-state index in [1.54, 1.807) is 0 Å². The zero-order valence-electron chi connectivity index (χ0n) is 24.8. The van der Waals surface area contributed by atoms with Gasteiger partial charge in [-0.2, -0.15) is 0 Å². The highest BCUT2D eigenvalue weighted by molar-refractivity contribution is 5.90. The van der Waals surface area contributed by atoms with Crippen molar-refractivity contribution in [2.24, 2.45) is 0 Å². The Labute approximate surface area is 248 Å². The zero-order valence-corrected chi connectivity index (χ0v) is 24.8. The molecule has 0 aromatic carbocycles. The second-order valence-electron chi connectivity index (χ2n) is 11.5. The number of cyclic esters (lactones) is 1. The molecule has 0 spiro atoms. The van der Waals surface area contributed by atoms with E-state index in [0.29, 0.717) is 6.42 Å². The van der Waals surface area contributed by atoms with Gasteiger partial charge in [-0.3, -0.25) is 4.79 Å². The van der Waals surface area contributed by atoms with Crippen LogP contribution in [0.2, 0.25) is 0 Å². The van der Waals surface area contributed by atoms with Crippen molar-refractivity contribution in [2.75, 3.05) is 6.61 Å². The van der Waals surface area contributed by atoms with Crippen molar-refractivity contribution in [1.82, 2.24) is 0 Å². The molecule has 1 fully saturated rings. The van der Waals surface area contributed by atoms with Crippen LogP contribution in [0.15, 0.2) is 11.5 Å². The van der Waals surface area contributed by atoms with Crippen LogP contribution in [0.5, 0.6) is 0 Å². The Morgan fingerprint density at radius 1 is 0.810 bits per heavy atom. The van der Waals surface area contributed by atoms with Gasteiger partial charge < -0.3 is 50.0 Å². The number of ketones is 1. The number of ether oxygens (including phenoxy) is 3. The molecular weight excluding hydrogens is 552 g/mol. The predicted octanol–water partition coefficient (Wildman–Crippen LogP) is 2.05. The van der Waals surface area contributed by atoms with Crippen LogP contribution in [0.25, 0.3) is 0 Å². The van der Waals surface area contributed by atoms with Crippen LogP contribution in [-0.4, -0.2) is 103 Å². The fourth-order valence-corrected chi connectivity index (χ4v) is 5.25. The van der Waals surface area contributed by atoms with Gasteiger partial charge in [-0.15, -0.1) is 0 Å². The van der Waals surface area contributed by atoms with Gasteiger partial charge in [0.15, 0.2) is 17.6 Å². The Morgan fingerprint density at radius 2 is 1.31 bits per heavy atom. The number of Topliss-reactive ketones (excluding diaryl/α,β-unsaturated/α-hetero) is 1. The minimum Gasteiger partial charge on any atom is -0.505 e. The average Bonchev–Trinajstić information content (AvgIpc) is 3.26. The summed E-state index contributed by atoms with van der Waals surface area (Å²) in [5.74, 6) is -3.74. The van der Waals surface area contributed by atoms with Gasteiger partial charge in [-0.25, -0.2) is 4.79 Å². The minimum atomic E-state index is -1.98. The third kappa shape index (κ3) is 11.0. The molecular formula is C30H52O12. The molecule has 0 bridgehead atoms. The number of unbranched alkanes of at least 4 members (excludes halogenated alkanes) is 14. The monoisotopic (exact) mass is 604 g/mol. The molecule has 2 heterocycles. The van der Waals surface area contributed by atoms with Crippen molar-refractivity contribution in [3.63, 3.8) is 0 Å². The van der Waals surface area contributed by atoms with E-state index in [-0.39, 0.29) is 6.42 Å². The van der Waals surface area contributed by atoms with Gasteiger partial charge in [-0.1, -0.05) is 96.8 Å². The smallest absolute Gasteiger partial charge is 0.378 e. The van der Waals surface area contributed by atoms with E-state index in [4.69, 9.17) is 14.2 Å². The molecule has 0 aromatic rings. The van der Waals surface area contributed by atoms with E-state index in [1.165, 1.54) is 64.2 Å². The van der Waals surface area contributed by atoms with Crippen LogP contribution >= 0.6 is 0 Å². The summed E-state index contributed by atoms with van der Waals surface area (Å²) in [6, 6.07) is 0. The standard InChI is InChI=1S/C30H52O12/c1-2-3-4-5-6-7-8-9-10-11-12-13-14-15-16-17-19(32)21(33)24(36)27-26(38)28(29(39)41-27)42-30-25(37)23(35)22(34)20(18-31)40-30/h20-25,27,30-31,33-38H,2-18H2,1H3/t20-,21?,22-,23+,24+,25-,27-,30-/m1/s1. The summed E-state index contributed by atoms with van der Waals surface area (Å²) >= 11 is 0. The molecule has 7 N–H and O–H groups in total. The van der Waals surface area contributed by atoms with Crippen molar-refractivity contribution in [2.45, 2.75) is 159 Å². The maximum Gasteiger partial charge on any atom is 0.378 e. The highest BCUT2D eigenvalue weighted by atomic mass is 16.7. The van der Waals surface area contributed by atoms with E-state index in [1.807, 2.05) is 0 Å². The molecule has 2 rings (SSSR count). The van der Waals surface area contributed by atoms with Crippen molar-refractivity contribution in [3.05, 3.63) is 11.5 Å². The summed E-state index contributed by atoms with van der Waals surface area (Å²) in [6.07, 6.45) is 3.43. The summed E-state index contributed by atoms with van der Waals surface area (Å²) in [7, 11) is 0. The quantitative estimate of drug-likeness (QED) is 0.0701. The summed E-state index contributed by atoms with van der Waals surface area (Å²) in [5.41, 5.74) is 0. The molecule has 0 aromatic heterocycles. The lowest BCUT2D eigenvalue weighted by Gasteiger charge is -2.39. The fourth-order valence-electron chi connectivity index (χ4n) is 5.25. The summed E-state index contributed by atoms with van der Waals surface area (Å²) in [5, 5.41) is 70.3. The molecule has 0 saturated carbocycles. The largest absolute Gasteiger partial charge is 0.505 e. The number of aliphatic hydroxyl groups is 7. The second kappa shape index (κ2) is 19.5. The van der Waals surface area contributed by atoms with Crippen molar-refractivity contribution in [3.8, 4) is 0 Å². The Kier molecular flexibility index (Phi) is 16.9. The Bertz CT molecular complexity index is 831. The van der Waals surface area contributed by atoms with Gasteiger partial charge in [0, 0.05) is 6.42 Å². The first-order chi connectivity index (χ1) is 20.1. The Balaban J connectivity index is 1.66. The van der Waals surface area contributed by atoms with Crippen molar-refractivity contribution >= 4 is 11.8 Å². The summed E-state index contributed by atoms with van der Waals surface area (Å²) < 4.78 is 15.2. The maximum absolute atomic E-state index is 12.4. The first-order valence-corrected chi connectivity index (χ1v) is 15.6. The van der Waals surface area contributed by atoms with E-state index in [0.717, 1.165) is 25.7 Å².